The van der Waals surface area contributed by atoms with E-state index < -0.39 is 0 Å². The number of aromatic nitrogens is 1. The molecule has 5 heteroatoms. The Kier molecular flexibility index (Phi) is 3.84. The van der Waals surface area contributed by atoms with Crippen LogP contribution < -0.4 is 4.74 Å². The van der Waals surface area contributed by atoms with Crippen molar-refractivity contribution in [1.29, 1.82) is 0 Å². The highest BCUT2D eigenvalue weighted by Crippen LogP contribution is 2.35. The molecule has 0 radical (unpaired) electrons. The summed E-state index contributed by atoms with van der Waals surface area (Å²) >= 11 is 12.1. The van der Waals surface area contributed by atoms with Gasteiger partial charge in [-0.1, -0.05) is 35.3 Å². The zero-order chi connectivity index (χ0) is 13.1. The van der Waals surface area contributed by atoms with Crippen LogP contribution in [0.1, 0.15) is 10.4 Å². The Morgan fingerprint density at radius 1 is 1.28 bits per heavy atom. The van der Waals surface area contributed by atoms with E-state index in [1.54, 1.807) is 30.5 Å². The van der Waals surface area contributed by atoms with Crippen molar-refractivity contribution in [3.05, 3.63) is 46.1 Å². The highest BCUT2D eigenvalue weighted by atomic mass is 35.5. The molecule has 0 spiro atoms. The van der Waals surface area contributed by atoms with Crippen molar-refractivity contribution < 1.29 is 9.53 Å². The van der Waals surface area contributed by atoms with Crippen LogP contribution in [-0.4, -0.2) is 18.4 Å². The van der Waals surface area contributed by atoms with E-state index in [2.05, 4.69) is 4.98 Å². The minimum atomic E-state index is 0.374. The highest BCUT2D eigenvalue weighted by Gasteiger charge is 2.12. The van der Waals surface area contributed by atoms with Crippen LogP contribution >= 0.6 is 23.2 Å². The van der Waals surface area contributed by atoms with Gasteiger partial charge < -0.3 is 4.74 Å². The first kappa shape index (κ1) is 12.9. The van der Waals surface area contributed by atoms with Crippen LogP contribution in [0.5, 0.6) is 5.88 Å². The van der Waals surface area contributed by atoms with Crippen LogP contribution in [0.3, 0.4) is 0 Å². The predicted molar refractivity (Wildman–Crippen MR) is 71.6 cm³/mol. The predicted octanol–water partition coefficient (Wildman–Crippen LogP) is 3.88. The number of hydrogen-bond acceptors (Lipinski definition) is 3. The van der Waals surface area contributed by atoms with Crippen LogP contribution in [0.4, 0.5) is 0 Å². The fourth-order valence-electron chi connectivity index (χ4n) is 1.60. The molecule has 0 atom stereocenters. The average molecular weight is 282 g/mol. The van der Waals surface area contributed by atoms with E-state index in [0.29, 0.717) is 32.6 Å². The quantitative estimate of drug-likeness (QED) is 0.802. The number of hydrogen-bond donors (Lipinski definition) is 0. The molecule has 2 rings (SSSR count). The summed E-state index contributed by atoms with van der Waals surface area (Å²) in [6.07, 6.45) is 2.27. The summed E-state index contributed by atoms with van der Waals surface area (Å²) in [5.41, 5.74) is 1.74. The molecule has 0 bridgehead atoms. The largest absolute Gasteiger partial charge is 0.481 e. The molecule has 0 saturated heterocycles. The van der Waals surface area contributed by atoms with Crippen molar-refractivity contribution in [2.45, 2.75) is 0 Å². The maximum atomic E-state index is 11.1. The molecule has 18 heavy (non-hydrogen) atoms. The molecule has 0 unspecified atom stereocenters. The highest BCUT2D eigenvalue weighted by molar-refractivity contribution is 6.43. The number of ether oxygens (including phenoxy) is 1. The number of nitrogens with zero attached hydrogens (tertiary/aromatic N) is 1. The Bertz CT molecular complexity index is 600. The zero-order valence-electron chi connectivity index (χ0n) is 9.48. The number of carbonyl (C=O) groups excluding carboxylic acids is 1. The second-order valence-electron chi connectivity index (χ2n) is 3.53. The average Bonchev–Trinajstić information content (AvgIpc) is 2.41. The van der Waals surface area contributed by atoms with Gasteiger partial charge in [-0.2, -0.15) is 0 Å². The Morgan fingerprint density at radius 3 is 2.72 bits per heavy atom. The molecule has 92 valence electrons. The maximum Gasteiger partial charge on any atom is 0.213 e. The number of halogens is 2. The van der Waals surface area contributed by atoms with Gasteiger partial charge in [0.2, 0.25) is 5.88 Å². The van der Waals surface area contributed by atoms with E-state index >= 15 is 0 Å². The topological polar surface area (TPSA) is 39.2 Å². The van der Waals surface area contributed by atoms with Gasteiger partial charge in [0.1, 0.15) is 0 Å². The monoisotopic (exact) mass is 281 g/mol. The fraction of sp³-hybridized carbons (Fsp3) is 0.0769. The Morgan fingerprint density at radius 2 is 2.06 bits per heavy atom. The van der Waals surface area contributed by atoms with Crippen LogP contribution in [0.2, 0.25) is 10.0 Å². The van der Waals surface area contributed by atoms with Crippen LogP contribution in [-0.2, 0) is 0 Å². The normalized spacial score (nSPS) is 10.2. The van der Waals surface area contributed by atoms with Crippen LogP contribution in [0, 0.1) is 0 Å². The summed E-state index contributed by atoms with van der Waals surface area (Å²) in [7, 11) is 1.49. The summed E-state index contributed by atoms with van der Waals surface area (Å²) in [5.74, 6) is 0.374. The summed E-state index contributed by atoms with van der Waals surface area (Å²) in [4.78, 5) is 15.2. The molecule has 3 nitrogen and oxygen atoms in total. The van der Waals surface area contributed by atoms with Gasteiger partial charge in [-0.05, 0) is 6.07 Å². The summed E-state index contributed by atoms with van der Waals surface area (Å²) < 4.78 is 4.97. The third-order valence-electron chi connectivity index (χ3n) is 2.49. The standard InChI is InChI=1S/C13H9Cl2NO2/c1-18-12-5-8(7-17)10(6-16-12)9-3-2-4-11(14)13(9)15/h2-7H,1H3. The molecule has 0 aliphatic rings. The molecule has 0 N–H and O–H groups in total. The number of rotatable bonds is 3. The molecule has 0 aliphatic heterocycles. The smallest absolute Gasteiger partial charge is 0.213 e. The first-order chi connectivity index (χ1) is 8.67. The maximum absolute atomic E-state index is 11.1. The van der Waals surface area contributed by atoms with E-state index in [9.17, 15) is 4.79 Å². The molecule has 2 aromatic rings. The van der Waals surface area contributed by atoms with Gasteiger partial charge in [-0.3, -0.25) is 4.79 Å². The lowest BCUT2D eigenvalue weighted by Gasteiger charge is -2.09. The van der Waals surface area contributed by atoms with Crippen LogP contribution in [0.15, 0.2) is 30.5 Å². The Hall–Kier alpha value is -1.58. The molecular formula is C13H9Cl2NO2. The minimum Gasteiger partial charge on any atom is -0.481 e. The van der Waals surface area contributed by atoms with E-state index in [1.165, 1.54) is 7.11 Å². The second-order valence-corrected chi connectivity index (χ2v) is 4.32. The van der Waals surface area contributed by atoms with Crippen molar-refractivity contribution in [3.8, 4) is 17.0 Å². The Balaban J connectivity index is 2.63. The summed E-state index contributed by atoms with van der Waals surface area (Å²) in [6, 6.07) is 6.79. The molecule has 0 saturated carbocycles. The third kappa shape index (κ3) is 2.33. The Labute approximate surface area is 114 Å². The lowest BCUT2D eigenvalue weighted by atomic mass is 10.0. The van der Waals surface area contributed by atoms with Gasteiger partial charge >= 0.3 is 0 Å². The number of carbonyl (C=O) groups is 1. The van der Waals surface area contributed by atoms with Crippen molar-refractivity contribution in [3.63, 3.8) is 0 Å². The zero-order valence-corrected chi connectivity index (χ0v) is 11.0. The van der Waals surface area contributed by atoms with E-state index in [-0.39, 0.29) is 0 Å². The summed E-state index contributed by atoms with van der Waals surface area (Å²) in [5, 5.41) is 0.830. The molecule has 0 amide bonds. The molecule has 0 aliphatic carbocycles. The van der Waals surface area contributed by atoms with Gasteiger partial charge in [0.25, 0.3) is 0 Å². The number of benzene rings is 1. The third-order valence-corrected chi connectivity index (χ3v) is 3.31. The van der Waals surface area contributed by atoms with E-state index in [0.717, 1.165) is 6.29 Å². The SMILES string of the molecule is COc1cc(C=O)c(-c2cccc(Cl)c2Cl)cn1. The van der Waals surface area contributed by atoms with Crippen molar-refractivity contribution >= 4 is 29.5 Å². The van der Waals surface area contributed by atoms with Crippen molar-refractivity contribution in [2.24, 2.45) is 0 Å². The number of aldehydes is 1. The molecule has 1 heterocycles. The van der Waals surface area contributed by atoms with Gasteiger partial charge in [0.05, 0.1) is 17.2 Å². The number of methoxy groups -OCH3 is 1. The lowest BCUT2D eigenvalue weighted by Crippen LogP contribution is -1.94. The number of pyridine rings is 1. The first-order valence-electron chi connectivity index (χ1n) is 5.11. The van der Waals surface area contributed by atoms with Crippen molar-refractivity contribution in [1.82, 2.24) is 4.98 Å². The lowest BCUT2D eigenvalue weighted by molar-refractivity contribution is 0.112. The van der Waals surface area contributed by atoms with Gasteiger partial charge in [0.15, 0.2) is 6.29 Å². The first-order valence-corrected chi connectivity index (χ1v) is 5.86. The molecule has 1 aromatic carbocycles. The van der Waals surface area contributed by atoms with Gasteiger partial charge in [-0.25, -0.2) is 4.98 Å². The van der Waals surface area contributed by atoms with E-state index in [1.807, 2.05) is 0 Å². The fourth-order valence-corrected chi connectivity index (χ4v) is 2.00. The summed E-state index contributed by atoms with van der Waals surface area (Å²) in [6.45, 7) is 0. The van der Waals surface area contributed by atoms with Crippen molar-refractivity contribution in [2.75, 3.05) is 7.11 Å². The molecular weight excluding hydrogens is 273 g/mol. The van der Waals surface area contributed by atoms with E-state index in [4.69, 9.17) is 27.9 Å². The van der Waals surface area contributed by atoms with Crippen LogP contribution in [0.25, 0.3) is 11.1 Å². The second kappa shape index (κ2) is 5.38. The molecule has 0 fully saturated rings. The molecule has 1 aromatic heterocycles. The van der Waals surface area contributed by atoms with Gasteiger partial charge in [-0.15, -0.1) is 0 Å². The van der Waals surface area contributed by atoms with Gasteiger partial charge in [0, 0.05) is 29.0 Å². The minimum absolute atomic E-state index is 0.374.